The number of piperidine rings is 1. The lowest BCUT2D eigenvalue weighted by atomic mass is 9.76. The molecular formula is C24H25ClN6S. The van der Waals surface area contributed by atoms with Gasteiger partial charge in [0.2, 0.25) is 0 Å². The monoisotopic (exact) mass is 464 g/mol. The first-order valence-electron chi connectivity index (χ1n) is 11.1. The van der Waals surface area contributed by atoms with Crippen LogP contribution in [0, 0.1) is 26.2 Å². The third kappa shape index (κ3) is 3.05. The first-order valence-corrected chi connectivity index (χ1v) is 12.3. The molecule has 1 aliphatic carbocycles. The molecule has 1 spiro atoms. The van der Waals surface area contributed by atoms with E-state index in [1.165, 1.54) is 34.8 Å². The number of aromatic nitrogens is 5. The van der Waals surface area contributed by atoms with E-state index in [0.29, 0.717) is 10.4 Å². The lowest BCUT2D eigenvalue weighted by Crippen LogP contribution is -2.41. The molecule has 4 aromatic rings. The van der Waals surface area contributed by atoms with E-state index in [1.54, 1.807) is 6.20 Å². The number of hydrogen-bond acceptors (Lipinski definition) is 6. The summed E-state index contributed by atoms with van der Waals surface area (Å²) in [4.78, 5) is 18.1. The Balaban J connectivity index is 1.33. The fourth-order valence-electron chi connectivity index (χ4n) is 5.44. The molecule has 0 saturated carbocycles. The van der Waals surface area contributed by atoms with Crippen LogP contribution in [0.15, 0.2) is 24.5 Å². The highest BCUT2D eigenvalue weighted by atomic mass is 35.5. The summed E-state index contributed by atoms with van der Waals surface area (Å²) in [5.74, 6) is 1.02. The van der Waals surface area contributed by atoms with E-state index in [2.05, 4.69) is 28.0 Å². The molecule has 164 valence electrons. The van der Waals surface area contributed by atoms with Gasteiger partial charge in [0.15, 0.2) is 5.82 Å². The number of pyridine rings is 1. The zero-order valence-electron chi connectivity index (χ0n) is 18.5. The molecule has 0 atom stereocenters. The molecule has 0 aromatic carbocycles. The maximum atomic E-state index is 6.62. The molecule has 4 aromatic heterocycles. The average molecular weight is 465 g/mol. The van der Waals surface area contributed by atoms with Crippen LogP contribution in [0.2, 0.25) is 5.02 Å². The minimum Gasteiger partial charge on any atom is -0.355 e. The molecule has 6 nitrogen and oxygen atoms in total. The van der Waals surface area contributed by atoms with Crippen molar-refractivity contribution in [3.05, 3.63) is 56.5 Å². The van der Waals surface area contributed by atoms with Gasteiger partial charge in [0.05, 0.1) is 39.0 Å². The van der Waals surface area contributed by atoms with Gasteiger partial charge >= 0.3 is 0 Å². The Hall–Kier alpha value is -2.51. The van der Waals surface area contributed by atoms with E-state index in [1.807, 2.05) is 42.0 Å². The number of anilines is 1. The van der Waals surface area contributed by atoms with E-state index in [9.17, 15) is 0 Å². The largest absolute Gasteiger partial charge is 0.355 e. The highest BCUT2D eigenvalue weighted by molar-refractivity contribution is 7.11. The molecule has 2 aliphatic rings. The van der Waals surface area contributed by atoms with E-state index in [0.717, 1.165) is 53.5 Å². The van der Waals surface area contributed by atoms with Gasteiger partial charge in [-0.1, -0.05) is 11.6 Å². The highest BCUT2D eigenvalue weighted by Gasteiger charge is 2.42. The number of thiazole rings is 1. The summed E-state index contributed by atoms with van der Waals surface area (Å²) in [7, 11) is 0. The standard InChI is InChI=1S/C24H25ClN6S/c1-14-21(25)17(4-8-26-14)22-15(2)28-23(19-5-9-27-31(19)22)30-10-6-24(7-11-30)12-18-20(13-24)32-16(3)29-18/h4-5,8-9H,6-7,10-13H2,1-3H3. The van der Waals surface area contributed by atoms with Gasteiger partial charge in [-0.2, -0.15) is 5.10 Å². The SMILES string of the molecule is Cc1nc2c(s1)CC1(CCN(c3nc(C)c(-c4ccnc(C)c4Cl)n4nccc34)CC1)C2. The second-order valence-electron chi connectivity index (χ2n) is 9.20. The van der Waals surface area contributed by atoms with Gasteiger partial charge in [-0.3, -0.25) is 4.98 Å². The Labute approximate surface area is 196 Å². The van der Waals surface area contributed by atoms with Crippen molar-refractivity contribution in [3.8, 4) is 11.3 Å². The van der Waals surface area contributed by atoms with Crippen LogP contribution in [-0.4, -0.2) is 37.7 Å². The van der Waals surface area contributed by atoms with E-state index >= 15 is 0 Å². The Morgan fingerprint density at radius 3 is 2.59 bits per heavy atom. The maximum Gasteiger partial charge on any atom is 0.155 e. The van der Waals surface area contributed by atoms with Gasteiger partial charge in [0.25, 0.3) is 0 Å². The van der Waals surface area contributed by atoms with E-state index < -0.39 is 0 Å². The van der Waals surface area contributed by atoms with Gasteiger partial charge in [-0.25, -0.2) is 14.5 Å². The topological polar surface area (TPSA) is 59.2 Å². The fourth-order valence-corrected chi connectivity index (χ4v) is 6.77. The lowest BCUT2D eigenvalue weighted by Gasteiger charge is -2.40. The molecular weight excluding hydrogens is 440 g/mol. The zero-order valence-corrected chi connectivity index (χ0v) is 20.1. The summed E-state index contributed by atoms with van der Waals surface area (Å²) < 4.78 is 1.99. The second-order valence-corrected chi connectivity index (χ2v) is 10.9. The minimum atomic E-state index is 0.381. The van der Waals surface area contributed by atoms with Crippen molar-refractivity contribution in [2.24, 2.45) is 5.41 Å². The number of hydrogen-bond donors (Lipinski definition) is 0. The van der Waals surface area contributed by atoms with Crippen LogP contribution >= 0.6 is 22.9 Å². The molecule has 0 radical (unpaired) electrons. The van der Waals surface area contributed by atoms with Crippen molar-refractivity contribution in [2.45, 2.75) is 46.5 Å². The molecule has 0 unspecified atom stereocenters. The predicted molar refractivity (Wildman–Crippen MR) is 129 cm³/mol. The quantitative estimate of drug-likeness (QED) is 0.407. The van der Waals surface area contributed by atoms with Crippen molar-refractivity contribution >= 4 is 34.3 Å². The van der Waals surface area contributed by atoms with Crippen LogP contribution in [0.1, 0.15) is 39.8 Å². The van der Waals surface area contributed by atoms with Gasteiger partial charge in [-0.05, 0) is 64.0 Å². The van der Waals surface area contributed by atoms with Crippen molar-refractivity contribution in [2.75, 3.05) is 18.0 Å². The van der Waals surface area contributed by atoms with E-state index in [4.69, 9.17) is 21.6 Å². The Bertz CT molecular complexity index is 1320. The third-order valence-electron chi connectivity index (χ3n) is 7.11. The van der Waals surface area contributed by atoms with Crippen molar-refractivity contribution < 1.29 is 0 Å². The maximum absolute atomic E-state index is 6.62. The van der Waals surface area contributed by atoms with Crippen LogP contribution in [0.25, 0.3) is 16.8 Å². The van der Waals surface area contributed by atoms with Gasteiger partial charge in [-0.15, -0.1) is 11.3 Å². The normalized spacial score (nSPS) is 17.4. The number of aryl methyl sites for hydroxylation is 3. The number of fused-ring (bicyclic) bond motifs is 2. The summed E-state index contributed by atoms with van der Waals surface area (Å²) in [6, 6.07) is 4.00. The van der Waals surface area contributed by atoms with Gasteiger partial charge in [0, 0.05) is 29.7 Å². The van der Waals surface area contributed by atoms with Crippen LogP contribution in [-0.2, 0) is 12.8 Å². The summed E-state index contributed by atoms with van der Waals surface area (Å²) in [5, 5.41) is 6.50. The summed E-state index contributed by atoms with van der Waals surface area (Å²) in [6.07, 6.45) is 8.31. The molecule has 1 aliphatic heterocycles. The Morgan fingerprint density at radius 1 is 1.00 bits per heavy atom. The lowest BCUT2D eigenvalue weighted by molar-refractivity contribution is 0.232. The van der Waals surface area contributed by atoms with Crippen LogP contribution in [0.5, 0.6) is 0 Å². The molecule has 8 heteroatoms. The van der Waals surface area contributed by atoms with Crippen LogP contribution in [0.3, 0.4) is 0 Å². The van der Waals surface area contributed by atoms with Crippen molar-refractivity contribution in [3.63, 3.8) is 0 Å². The summed E-state index contributed by atoms with van der Waals surface area (Å²) in [6.45, 7) is 8.10. The summed E-state index contributed by atoms with van der Waals surface area (Å²) in [5.41, 5.74) is 6.33. The first kappa shape index (κ1) is 20.1. The third-order valence-corrected chi connectivity index (χ3v) is 8.60. The van der Waals surface area contributed by atoms with E-state index in [-0.39, 0.29) is 0 Å². The fraction of sp³-hybridized carbons (Fsp3) is 0.417. The molecule has 5 heterocycles. The molecule has 1 fully saturated rings. The highest BCUT2D eigenvalue weighted by Crippen LogP contribution is 2.47. The predicted octanol–water partition coefficient (Wildman–Crippen LogP) is 5.21. The average Bonchev–Trinajstić information content (AvgIpc) is 3.44. The second kappa shape index (κ2) is 7.25. The van der Waals surface area contributed by atoms with Gasteiger partial charge < -0.3 is 4.90 Å². The number of nitrogens with zero attached hydrogens (tertiary/aromatic N) is 6. The van der Waals surface area contributed by atoms with Crippen molar-refractivity contribution in [1.82, 2.24) is 24.6 Å². The number of halogens is 1. The zero-order chi connectivity index (χ0) is 22.0. The summed E-state index contributed by atoms with van der Waals surface area (Å²) >= 11 is 8.50. The molecule has 0 bridgehead atoms. The molecule has 0 amide bonds. The Kier molecular flexibility index (Phi) is 4.56. The first-order chi connectivity index (χ1) is 15.4. The molecule has 0 N–H and O–H groups in total. The molecule has 1 saturated heterocycles. The van der Waals surface area contributed by atoms with Crippen LogP contribution in [0.4, 0.5) is 5.82 Å². The van der Waals surface area contributed by atoms with Gasteiger partial charge in [0.1, 0.15) is 5.52 Å². The minimum absolute atomic E-state index is 0.381. The van der Waals surface area contributed by atoms with Crippen molar-refractivity contribution in [1.29, 1.82) is 0 Å². The Morgan fingerprint density at radius 2 is 1.81 bits per heavy atom. The smallest absolute Gasteiger partial charge is 0.155 e. The molecule has 32 heavy (non-hydrogen) atoms. The number of rotatable bonds is 2. The van der Waals surface area contributed by atoms with Crippen LogP contribution < -0.4 is 4.90 Å². The molecule has 6 rings (SSSR count).